The van der Waals surface area contributed by atoms with Crippen LogP contribution in [0.25, 0.3) is 0 Å². The lowest BCUT2D eigenvalue weighted by Crippen LogP contribution is -2.03. The molecular formula is C6H2FNO3. The molecule has 0 saturated carbocycles. The fourth-order valence-electron chi connectivity index (χ4n) is 0.519. The van der Waals surface area contributed by atoms with E-state index in [1.165, 1.54) is 6.07 Å². The minimum Gasteiger partial charge on any atom is -0.480 e. The molecular weight excluding hydrogens is 153 g/mol. The smallest absolute Gasteiger partial charge is 0.375 e. The van der Waals surface area contributed by atoms with Gasteiger partial charge in [-0.3, -0.25) is 0 Å². The van der Waals surface area contributed by atoms with E-state index >= 15 is 0 Å². The lowest BCUT2D eigenvalue weighted by Gasteiger charge is -1.90. The molecule has 11 heavy (non-hydrogen) atoms. The summed E-state index contributed by atoms with van der Waals surface area (Å²) < 4.78 is 16.2. The van der Waals surface area contributed by atoms with Crippen molar-refractivity contribution in [2.24, 2.45) is 0 Å². The number of halogens is 1. The van der Waals surface area contributed by atoms with Crippen LogP contribution in [-0.4, -0.2) is 5.11 Å². The number of hydrogen-bond donors (Lipinski definition) is 1. The molecule has 4 nitrogen and oxygen atoms in total. The van der Waals surface area contributed by atoms with Crippen LogP contribution >= 0.6 is 0 Å². The van der Waals surface area contributed by atoms with Crippen LogP contribution in [0.1, 0.15) is 5.56 Å². The van der Waals surface area contributed by atoms with Crippen LogP contribution < -0.4 is 5.63 Å². The topological polar surface area (TPSA) is 74.2 Å². The third-order valence-electron chi connectivity index (χ3n) is 1.01. The number of nitrogens with zero attached hydrogens (tertiary/aromatic N) is 1. The zero-order valence-electron chi connectivity index (χ0n) is 5.17. The van der Waals surface area contributed by atoms with E-state index in [1.807, 2.05) is 0 Å². The molecule has 1 rings (SSSR count). The van der Waals surface area contributed by atoms with Gasteiger partial charge >= 0.3 is 11.6 Å². The second kappa shape index (κ2) is 2.42. The average Bonchev–Trinajstić information content (AvgIpc) is 1.97. The Morgan fingerprint density at radius 3 is 2.91 bits per heavy atom. The van der Waals surface area contributed by atoms with Crippen molar-refractivity contribution in [2.45, 2.75) is 0 Å². The van der Waals surface area contributed by atoms with Crippen LogP contribution in [0.2, 0.25) is 0 Å². The summed E-state index contributed by atoms with van der Waals surface area (Å²) in [5.41, 5.74) is -1.69. The van der Waals surface area contributed by atoms with Gasteiger partial charge in [0.2, 0.25) is 5.82 Å². The van der Waals surface area contributed by atoms with Gasteiger partial charge in [-0.1, -0.05) is 0 Å². The molecule has 0 aromatic carbocycles. The third kappa shape index (κ3) is 1.19. The summed E-state index contributed by atoms with van der Waals surface area (Å²) in [4.78, 5) is 10.3. The molecule has 0 spiro atoms. The monoisotopic (exact) mass is 155 g/mol. The second-order valence-corrected chi connectivity index (χ2v) is 1.71. The fourth-order valence-corrected chi connectivity index (χ4v) is 0.519. The van der Waals surface area contributed by atoms with Crippen molar-refractivity contribution in [3.05, 3.63) is 27.9 Å². The van der Waals surface area contributed by atoms with Gasteiger partial charge in [-0.15, -0.1) is 0 Å². The molecule has 1 N–H and O–H groups in total. The quantitative estimate of drug-likeness (QED) is 0.586. The van der Waals surface area contributed by atoms with Crippen molar-refractivity contribution in [2.75, 3.05) is 0 Å². The standard InChI is InChI=1S/C6H2FNO3/c7-4-1-3(2-8)5(9)11-6(4)10/h1,9H. The Kier molecular flexibility index (Phi) is 1.60. The molecule has 0 atom stereocenters. The Morgan fingerprint density at radius 2 is 2.36 bits per heavy atom. The summed E-state index contributed by atoms with van der Waals surface area (Å²) in [6, 6.07) is 2.05. The highest BCUT2D eigenvalue weighted by Gasteiger charge is 2.08. The van der Waals surface area contributed by atoms with Crippen LogP contribution in [0, 0.1) is 17.1 Å². The lowest BCUT2D eigenvalue weighted by atomic mass is 10.3. The molecule has 0 aliphatic heterocycles. The molecule has 0 aliphatic rings. The summed E-state index contributed by atoms with van der Waals surface area (Å²) in [6.45, 7) is 0. The largest absolute Gasteiger partial charge is 0.480 e. The van der Waals surface area contributed by atoms with Gasteiger partial charge in [0.15, 0.2) is 0 Å². The molecule has 0 radical (unpaired) electrons. The minimum atomic E-state index is -1.29. The molecule has 0 bridgehead atoms. The van der Waals surface area contributed by atoms with Crippen LogP contribution in [-0.2, 0) is 0 Å². The van der Waals surface area contributed by atoms with Gasteiger partial charge in [-0.05, 0) is 0 Å². The highest BCUT2D eigenvalue weighted by Crippen LogP contribution is 2.12. The van der Waals surface area contributed by atoms with Gasteiger partial charge in [-0.2, -0.15) is 9.65 Å². The van der Waals surface area contributed by atoms with Crippen LogP contribution in [0.5, 0.6) is 5.95 Å². The van der Waals surface area contributed by atoms with Crippen molar-refractivity contribution < 1.29 is 13.9 Å². The van der Waals surface area contributed by atoms with Crippen molar-refractivity contribution in [1.82, 2.24) is 0 Å². The molecule has 0 aliphatic carbocycles. The number of hydrogen-bond acceptors (Lipinski definition) is 4. The maximum Gasteiger partial charge on any atom is 0.375 e. The van der Waals surface area contributed by atoms with Gasteiger partial charge < -0.3 is 9.52 Å². The third-order valence-corrected chi connectivity index (χ3v) is 1.01. The summed E-state index contributed by atoms with van der Waals surface area (Å²) in [5.74, 6) is -2.06. The maximum absolute atomic E-state index is 12.3. The average molecular weight is 155 g/mol. The molecule has 5 heteroatoms. The number of aromatic hydroxyl groups is 1. The second-order valence-electron chi connectivity index (χ2n) is 1.71. The van der Waals surface area contributed by atoms with E-state index in [4.69, 9.17) is 10.4 Å². The lowest BCUT2D eigenvalue weighted by molar-refractivity contribution is 0.295. The first-order chi connectivity index (χ1) is 5.15. The van der Waals surface area contributed by atoms with E-state index < -0.39 is 23.0 Å². The first-order valence-electron chi connectivity index (χ1n) is 2.58. The molecule has 0 amide bonds. The van der Waals surface area contributed by atoms with Gasteiger partial charge in [-0.25, -0.2) is 4.79 Å². The molecule has 1 aromatic heterocycles. The SMILES string of the molecule is N#Cc1cc(F)c(=O)oc1O. The number of nitriles is 1. The van der Waals surface area contributed by atoms with E-state index in [0.29, 0.717) is 6.07 Å². The molecule has 0 unspecified atom stereocenters. The summed E-state index contributed by atoms with van der Waals surface area (Å²) in [5, 5.41) is 16.9. The first kappa shape index (κ1) is 7.28. The predicted molar refractivity (Wildman–Crippen MR) is 31.3 cm³/mol. The zero-order chi connectivity index (χ0) is 8.43. The normalized spacial score (nSPS) is 9.09. The van der Waals surface area contributed by atoms with Gasteiger partial charge in [0.25, 0.3) is 0 Å². The Labute approximate surface area is 60.1 Å². The highest BCUT2D eigenvalue weighted by molar-refractivity contribution is 5.34. The zero-order valence-corrected chi connectivity index (χ0v) is 5.17. The molecule has 1 aromatic rings. The van der Waals surface area contributed by atoms with Crippen molar-refractivity contribution in [3.8, 4) is 12.0 Å². The Balaban J connectivity index is 3.47. The van der Waals surface area contributed by atoms with Gasteiger partial charge in [0.1, 0.15) is 11.6 Å². The van der Waals surface area contributed by atoms with Crippen molar-refractivity contribution >= 4 is 0 Å². The minimum absolute atomic E-state index is 0.401. The Bertz CT molecular complexity index is 376. The molecule has 1 heterocycles. The van der Waals surface area contributed by atoms with Gasteiger partial charge in [0.05, 0.1) is 0 Å². The Hall–Kier alpha value is -1.83. The van der Waals surface area contributed by atoms with E-state index in [1.54, 1.807) is 0 Å². The summed E-state index contributed by atoms with van der Waals surface area (Å²) in [7, 11) is 0. The maximum atomic E-state index is 12.3. The molecule has 56 valence electrons. The Morgan fingerprint density at radius 1 is 1.73 bits per heavy atom. The number of rotatable bonds is 0. The van der Waals surface area contributed by atoms with Crippen LogP contribution in [0.3, 0.4) is 0 Å². The van der Waals surface area contributed by atoms with Crippen molar-refractivity contribution in [1.29, 1.82) is 5.26 Å². The van der Waals surface area contributed by atoms with Crippen LogP contribution in [0.4, 0.5) is 4.39 Å². The summed E-state index contributed by atoms with van der Waals surface area (Å²) >= 11 is 0. The molecule has 0 fully saturated rings. The highest BCUT2D eigenvalue weighted by atomic mass is 19.1. The van der Waals surface area contributed by atoms with E-state index in [2.05, 4.69) is 4.42 Å². The van der Waals surface area contributed by atoms with Gasteiger partial charge in [0, 0.05) is 6.07 Å². The summed E-state index contributed by atoms with van der Waals surface area (Å²) in [6.07, 6.45) is 0. The van der Waals surface area contributed by atoms with Crippen LogP contribution in [0.15, 0.2) is 15.3 Å². The molecule has 0 saturated heterocycles. The predicted octanol–water partition coefficient (Wildman–Crippen LogP) is 0.356. The first-order valence-corrected chi connectivity index (χ1v) is 2.58. The van der Waals surface area contributed by atoms with E-state index in [-0.39, 0.29) is 0 Å². The van der Waals surface area contributed by atoms with E-state index in [9.17, 15) is 9.18 Å². The van der Waals surface area contributed by atoms with E-state index in [0.717, 1.165) is 0 Å². The fraction of sp³-hybridized carbons (Fsp3) is 0. The van der Waals surface area contributed by atoms with Crippen molar-refractivity contribution in [3.63, 3.8) is 0 Å².